The number of unbranched alkanes of at least 4 members (excludes halogenated alkanes) is 6. The maximum Gasteiger partial charge on any atom is 0.472 e. The van der Waals surface area contributed by atoms with E-state index in [-0.39, 0.29) is 25.9 Å². The van der Waals surface area contributed by atoms with Crippen LogP contribution in [-0.2, 0) is 42.2 Å². The predicted octanol–water partition coefficient (Wildman–Crippen LogP) is 16.1. The number of hydrogen-bond acceptors (Lipinski definition) is 10. The Morgan fingerprint density at radius 3 is 1.16 bits per heavy atom. The number of carbonyl (C=O) groups excluding carboxylic acids is 3. The van der Waals surface area contributed by atoms with Crippen LogP contribution in [0.5, 0.6) is 0 Å². The van der Waals surface area contributed by atoms with Gasteiger partial charge in [0.25, 0.3) is 0 Å². The summed E-state index contributed by atoms with van der Waals surface area (Å²) in [5.74, 6) is -1.72. The minimum absolute atomic E-state index is 0.0684. The molecule has 0 saturated heterocycles. The van der Waals surface area contributed by atoms with E-state index in [2.05, 4.69) is 142 Å². The monoisotopic (exact) mass is 1050 g/mol. The third kappa shape index (κ3) is 52.0. The molecule has 414 valence electrons. The van der Waals surface area contributed by atoms with E-state index in [1.54, 1.807) is 6.08 Å². The molecule has 0 aromatic heterocycles. The van der Waals surface area contributed by atoms with Crippen LogP contribution in [0.2, 0.25) is 0 Å². The van der Waals surface area contributed by atoms with Crippen LogP contribution in [0.15, 0.2) is 158 Å². The van der Waals surface area contributed by atoms with Gasteiger partial charge in [-0.15, -0.1) is 0 Å². The van der Waals surface area contributed by atoms with Gasteiger partial charge in [-0.05, 0) is 116 Å². The molecule has 74 heavy (non-hydrogen) atoms. The van der Waals surface area contributed by atoms with E-state index in [0.717, 1.165) is 109 Å². The Labute approximate surface area is 447 Å². The maximum absolute atomic E-state index is 12.9. The van der Waals surface area contributed by atoms with Gasteiger partial charge in [-0.25, -0.2) is 4.57 Å². The topological polar surface area (TPSA) is 155 Å². The molecule has 0 aromatic rings. The summed E-state index contributed by atoms with van der Waals surface area (Å²) in [5, 5.41) is 9.78. The summed E-state index contributed by atoms with van der Waals surface area (Å²) in [6.07, 6.45) is 71.0. The van der Waals surface area contributed by atoms with Crippen molar-refractivity contribution < 1.29 is 52.2 Å². The van der Waals surface area contributed by atoms with Gasteiger partial charge < -0.3 is 24.2 Å². The highest BCUT2D eigenvalue weighted by Crippen LogP contribution is 2.43. The number of esters is 3. The molecule has 0 fully saturated rings. The van der Waals surface area contributed by atoms with Crippen LogP contribution in [0.1, 0.15) is 175 Å². The molecular formula is C62H95O11P. The van der Waals surface area contributed by atoms with Gasteiger partial charge in [0.2, 0.25) is 0 Å². The maximum atomic E-state index is 12.9. The van der Waals surface area contributed by atoms with Gasteiger partial charge in [-0.2, -0.15) is 0 Å². The van der Waals surface area contributed by atoms with Crippen LogP contribution >= 0.6 is 7.82 Å². The fourth-order valence-electron chi connectivity index (χ4n) is 6.42. The first-order chi connectivity index (χ1) is 36.2. The first kappa shape index (κ1) is 69.1. The summed E-state index contributed by atoms with van der Waals surface area (Å²) in [5.41, 5.74) is 0. The molecule has 0 heterocycles. The van der Waals surface area contributed by atoms with E-state index in [1.165, 1.54) is 0 Å². The van der Waals surface area contributed by atoms with Crippen molar-refractivity contribution in [3.05, 3.63) is 158 Å². The average Bonchev–Trinajstić information content (AvgIpc) is 3.39. The largest absolute Gasteiger partial charge is 0.472 e. The highest BCUT2D eigenvalue weighted by atomic mass is 31.2. The summed E-state index contributed by atoms with van der Waals surface area (Å²) < 4.78 is 39.2. The molecule has 0 spiro atoms. The van der Waals surface area contributed by atoms with Crippen molar-refractivity contribution in [2.45, 2.75) is 187 Å². The molecule has 11 nitrogen and oxygen atoms in total. The second-order valence-corrected chi connectivity index (χ2v) is 18.7. The molecule has 0 aliphatic carbocycles. The van der Waals surface area contributed by atoms with Crippen molar-refractivity contribution in [3.63, 3.8) is 0 Å². The quantitative estimate of drug-likeness (QED) is 0.0197. The highest BCUT2D eigenvalue weighted by Gasteiger charge is 2.28. The van der Waals surface area contributed by atoms with E-state index < -0.39 is 57.8 Å². The smallest absolute Gasteiger partial charge is 0.462 e. The average molecular weight is 1050 g/mol. The van der Waals surface area contributed by atoms with Crippen LogP contribution < -0.4 is 0 Å². The van der Waals surface area contributed by atoms with Crippen molar-refractivity contribution in [1.82, 2.24) is 0 Å². The Hall–Kier alpha value is -4.90. The first-order valence-corrected chi connectivity index (χ1v) is 28.9. The summed E-state index contributed by atoms with van der Waals surface area (Å²) >= 11 is 0. The molecule has 0 aliphatic heterocycles. The molecule has 0 saturated carbocycles. The van der Waals surface area contributed by atoms with E-state index in [9.17, 15) is 28.9 Å². The first-order valence-electron chi connectivity index (χ1n) is 27.4. The zero-order chi connectivity index (χ0) is 54.1. The number of phosphoric acid groups is 1. The van der Waals surface area contributed by atoms with Crippen molar-refractivity contribution in [3.8, 4) is 0 Å². The van der Waals surface area contributed by atoms with E-state index in [1.807, 2.05) is 30.4 Å². The fraction of sp³-hybridized carbons (Fsp3) is 0.532. The Morgan fingerprint density at radius 2 is 0.730 bits per heavy atom. The van der Waals surface area contributed by atoms with Crippen molar-refractivity contribution >= 4 is 25.7 Å². The lowest BCUT2D eigenvalue weighted by atomic mass is 10.1. The summed E-state index contributed by atoms with van der Waals surface area (Å²) in [7, 11) is -4.80. The molecule has 0 aliphatic rings. The van der Waals surface area contributed by atoms with Crippen LogP contribution in [0.3, 0.4) is 0 Å². The molecular weight excluding hydrogens is 952 g/mol. The van der Waals surface area contributed by atoms with Gasteiger partial charge in [0.05, 0.1) is 26.2 Å². The van der Waals surface area contributed by atoms with Crippen molar-refractivity contribution in [2.24, 2.45) is 0 Å². The number of phosphoric ester groups is 1. The van der Waals surface area contributed by atoms with E-state index >= 15 is 0 Å². The normalized spacial score (nSPS) is 14.6. The third-order valence-corrected chi connectivity index (χ3v) is 11.4. The van der Waals surface area contributed by atoms with E-state index in [0.29, 0.717) is 25.7 Å². The van der Waals surface area contributed by atoms with E-state index in [4.69, 9.17) is 23.3 Å². The van der Waals surface area contributed by atoms with Gasteiger partial charge >= 0.3 is 25.7 Å². The third-order valence-electron chi connectivity index (χ3n) is 10.5. The second-order valence-electron chi connectivity index (χ2n) is 17.3. The van der Waals surface area contributed by atoms with Crippen molar-refractivity contribution in [2.75, 3.05) is 26.4 Å². The lowest BCUT2D eigenvalue weighted by Crippen LogP contribution is -2.30. The molecule has 2 N–H and O–H groups in total. The lowest BCUT2D eigenvalue weighted by Gasteiger charge is -2.21. The summed E-state index contributed by atoms with van der Waals surface area (Å²) in [4.78, 5) is 48.4. The molecule has 0 amide bonds. The zero-order valence-electron chi connectivity index (χ0n) is 45.5. The zero-order valence-corrected chi connectivity index (χ0v) is 46.4. The molecule has 0 bridgehead atoms. The Kier molecular flexibility index (Phi) is 50.8. The number of ether oxygens (including phenoxy) is 3. The SMILES string of the molecule is CC/C=C\C/C=C\C/C=C\C/C=C\C/C=C\CCCC(=O)OC(COC(=O)CCCCCCC/C=C\C/C=C\C/C=C\CC)COP(=O)(O)OCC(CO)OC(=O)C/C=C\C/C=C\C/C=C\C/C=C\C/C=C\CC. The van der Waals surface area contributed by atoms with Gasteiger partial charge in [-0.1, -0.05) is 198 Å². The number of carbonyl (C=O) groups is 3. The number of aliphatic hydroxyl groups is 1. The predicted molar refractivity (Wildman–Crippen MR) is 306 cm³/mol. The van der Waals surface area contributed by atoms with Crippen LogP contribution in [0.25, 0.3) is 0 Å². The lowest BCUT2D eigenvalue weighted by molar-refractivity contribution is -0.161. The molecule has 12 heteroatoms. The molecule has 0 aromatic carbocycles. The molecule has 3 atom stereocenters. The number of allylic oxidation sites excluding steroid dienone is 25. The summed E-state index contributed by atoms with van der Waals surface area (Å²) in [6, 6.07) is 0. The van der Waals surface area contributed by atoms with Crippen LogP contribution in [0, 0.1) is 0 Å². The number of rotatable bonds is 48. The number of aliphatic hydroxyl groups excluding tert-OH is 1. The molecule has 0 rings (SSSR count). The van der Waals surface area contributed by atoms with Gasteiger partial charge in [0.1, 0.15) is 12.7 Å². The number of hydrogen-bond donors (Lipinski definition) is 2. The summed E-state index contributed by atoms with van der Waals surface area (Å²) in [6.45, 7) is 4.07. The van der Waals surface area contributed by atoms with Crippen LogP contribution in [-0.4, -0.2) is 66.5 Å². The highest BCUT2D eigenvalue weighted by molar-refractivity contribution is 7.47. The fourth-order valence-corrected chi connectivity index (χ4v) is 7.20. The van der Waals surface area contributed by atoms with Gasteiger partial charge in [-0.3, -0.25) is 23.4 Å². The second kappa shape index (κ2) is 54.4. The Morgan fingerprint density at radius 1 is 0.392 bits per heavy atom. The molecule has 0 radical (unpaired) electrons. The minimum atomic E-state index is -4.80. The molecule has 3 unspecified atom stereocenters. The van der Waals surface area contributed by atoms with Gasteiger partial charge in [0, 0.05) is 12.8 Å². The minimum Gasteiger partial charge on any atom is -0.462 e. The Balaban J connectivity index is 4.96. The Bertz CT molecular complexity index is 1840. The standard InChI is InChI=1S/C62H95O11P/c1-4-7-10-13-16-19-22-25-28-29-32-35-38-41-44-47-50-53-62(66)73-59(55-69-60(64)51-48-45-42-39-36-33-30-26-23-20-17-14-11-8-5-2)57-71-74(67,68)70-56-58(54-63)72-61(65)52-49-46-43-40-37-34-31-27-24-21-18-15-12-9-6-3/h7-12,16-21,25-28,30-32,35,37,40-41,44,46,49,58-59,63H,4-6,13-15,22-24,29,33-34,36,38-39,42-43,45,47-48,50-57H2,1-3H3,(H,67,68)/b10-7-,11-8-,12-9-,19-16-,20-17-,21-18-,28-25-,30-26-,31-27-,35-32-,40-37-,44-41-,49-46-. The van der Waals surface area contributed by atoms with Gasteiger partial charge in [0.15, 0.2) is 6.10 Å². The van der Waals surface area contributed by atoms with Crippen LogP contribution in [0.4, 0.5) is 0 Å². The van der Waals surface area contributed by atoms with Crippen molar-refractivity contribution in [1.29, 1.82) is 0 Å².